The van der Waals surface area contributed by atoms with Crippen molar-refractivity contribution in [1.29, 1.82) is 0 Å². The molecular weight excluding hydrogens is 246 g/mol. The molecule has 2 unspecified atom stereocenters. The lowest BCUT2D eigenvalue weighted by Crippen LogP contribution is -2.24. The van der Waals surface area contributed by atoms with Crippen LogP contribution in [0.25, 0.3) is 0 Å². The van der Waals surface area contributed by atoms with Crippen LogP contribution in [0.15, 0.2) is 24.3 Å². The van der Waals surface area contributed by atoms with Crippen LogP contribution >= 0.6 is 0 Å². The van der Waals surface area contributed by atoms with Gasteiger partial charge in [0.2, 0.25) is 0 Å². The monoisotopic (exact) mass is 275 g/mol. The van der Waals surface area contributed by atoms with Gasteiger partial charge in [-0.3, -0.25) is 0 Å². The minimum absolute atomic E-state index is 0.359. The first-order chi connectivity index (χ1) is 9.83. The van der Waals surface area contributed by atoms with Gasteiger partial charge < -0.3 is 10.1 Å². The van der Waals surface area contributed by atoms with Crippen molar-refractivity contribution in [2.75, 3.05) is 18.5 Å². The maximum atomic E-state index is 6.18. The van der Waals surface area contributed by atoms with E-state index >= 15 is 0 Å². The van der Waals surface area contributed by atoms with Gasteiger partial charge >= 0.3 is 0 Å². The van der Waals surface area contributed by atoms with Gasteiger partial charge in [-0.1, -0.05) is 51.3 Å². The Hall–Kier alpha value is -1.02. The van der Waals surface area contributed by atoms with E-state index in [1.807, 2.05) is 0 Å². The van der Waals surface area contributed by atoms with Crippen molar-refractivity contribution in [3.05, 3.63) is 29.8 Å². The second kappa shape index (κ2) is 8.31. The number of para-hydroxylation sites is 1. The number of unbranched alkanes of at least 4 members (excludes halogenated alkanes) is 1. The Morgan fingerprint density at radius 3 is 2.95 bits per heavy atom. The third-order valence-corrected chi connectivity index (χ3v) is 4.38. The molecule has 0 radical (unpaired) electrons. The molecule has 20 heavy (non-hydrogen) atoms. The molecule has 0 aliphatic carbocycles. The molecule has 0 bridgehead atoms. The highest BCUT2D eigenvalue weighted by Gasteiger charge is 2.17. The van der Waals surface area contributed by atoms with E-state index in [0.717, 1.165) is 31.9 Å². The van der Waals surface area contributed by atoms with E-state index in [0.29, 0.717) is 6.10 Å². The molecule has 2 atom stereocenters. The van der Waals surface area contributed by atoms with E-state index in [1.165, 1.54) is 36.9 Å². The molecule has 0 spiro atoms. The highest BCUT2D eigenvalue weighted by atomic mass is 16.5. The lowest BCUT2D eigenvalue weighted by atomic mass is 10.0. The molecule has 1 aliphatic heterocycles. The van der Waals surface area contributed by atoms with Crippen molar-refractivity contribution in [1.82, 2.24) is 0 Å². The topological polar surface area (TPSA) is 21.3 Å². The van der Waals surface area contributed by atoms with Gasteiger partial charge in [-0.25, -0.2) is 0 Å². The first-order valence-corrected chi connectivity index (χ1v) is 8.26. The van der Waals surface area contributed by atoms with Crippen LogP contribution in [0.2, 0.25) is 0 Å². The Bertz CT molecular complexity index is 364. The smallest absolute Gasteiger partial charge is 0.0750 e. The van der Waals surface area contributed by atoms with Gasteiger partial charge in [0.25, 0.3) is 0 Å². The van der Waals surface area contributed by atoms with E-state index in [4.69, 9.17) is 4.74 Å². The van der Waals surface area contributed by atoms with Crippen LogP contribution in [0.4, 0.5) is 5.69 Å². The number of fused-ring (bicyclic) bond motifs is 1. The number of aryl methyl sites for hydroxylation is 1. The van der Waals surface area contributed by atoms with Crippen molar-refractivity contribution < 1.29 is 4.74 Å². The van der Waals surface area contributed by atoms with Crippen LogP contribution in [0, 0.1) is 5.92 Å². The van der Waals surface area contributed by atoms with Crippen LogP contribution < -0.4 is 5.32 Å². The van der Waals surface area contributed by atoms with E-state index in [2.05, 4.69) is 43.4 Å². The molecule has 1 heterocycles. The zero-order chi connectivity index (χ0) is 14.2. The second-order valence-electron chi connectivity index (χ2n) is 5.95. The Labute approximate surface area is 123 Å². The predicted octanol–water partition coefficient (Wildman–Crippen LogP) is 4.65. The number of rotatable bonds is 7. The van der Waals surface area contributed by atoms with Crippen molar-refractivity contribution in [2.45, 2.75) is 58.5 Å². The molecule has 2 nitrogen and oxygen atoms in total. The zero-order valence-corrected chi connectivity index (χ0v) is 13.0. The van der Waals surface area contributed by atoms with Gasteiger partial charge in [0, 0.05) is 18.8 Å². The summed E-state index contributed by atoms with van der Waals surface area (Å²) in [4.78, 5) is 0. The van der Waals surface area contributed by atoms with Crippen LogP contribution in [-0.4, -0.2) is 19.3 Å². The molecule has 1 N–H and O–H groups in total. The average Bonchev–Trinajstić information content (AvgIpc) is 2.70. The van der Waals surface area contributed by atoms with Gasteiger partial charge in [0.1, 0.15) is 0 Å². The van der Waals surface area contributed by atoms with Crippen molar-refractivity contribution in [3.8, 4) is 0 Å². The van der Waals surface area contributed by atoms with Crippen molar-refractivity contribution in [2.24, 2.45) is 5.92 Å². The Balaban J connectivity index is 1.78. The quantitative estimate of drug-likeness (QED) is 0.782. The maximum Gasteiger partial charge on any atom is 0.0750 e. The van der Waals surface area contributed by atoms with Crippen LogP contribution in [-0.2, 0) is 11.2 Å². The summed E-state index contributed by atoms with van der Waals surface area (Å²) in [6.07, 6.45) is 7.78. The van der Waals surface area contributed by atoms with Gasteiger partial charge in [-0.15, -0.1) is 0 Å². The average molecular weight is 275 g/mol. The van der Waals surface area contributed by atoms with Gasteiger partial charge in [-0.2, -0.15) is 0 Å². The largest absolute Gasteiger partial charge is 0.382 e. The summed E-state index contributed by atoms with van der Waals surface area (Å²) in [5, 5.41) is 3.54. The van der Waals surface area contributed by atoms with Gasteiger partial charge in [0.15, 0.2) is 0 Å². The molecule has 1 aromatic rings. The molecule has 1 aromatic carbocycles. The normalized spacial score (nSPS) is 19.8. The molecule has 2 heteroatoms. The predicted molar refractivity (Wildman–Crippen MR) is 86.3 cm³/mol. The fraction of sp³-hybridized carbons (Fsp3) is 0.667. The molecule has 0 fully saturated rings. The minimum Gasteiger partial charge on any atom is -0.382 e. The second-order valence-corrected chi connectivity index (χ2v) is 5.95. The first kappa shape index (κ1) is 15.4. The highest BCUT2D eigenvalue weighted by molar-refractivity contribution is 5.51. The van der Waals surface area contributed by atoms with E-state index in [-0.39, 0.29) is 0 Å². The third-order valence-electron chi connectivity index (χ3n) is 4.38. The minimum atomic E-state index is 0.359. The maximum absolute atomic E-state index is 6.18. The molecular formula is C18H29NO. The molecule has 0 aromatic heterocycles. The summed E-state index contributed by atoms with van der Waals surface area (Å²) in [6, 6.07) is 8.62. The van der Waals surface area contributed by atoms with Gasteiger partial charge in [-0.05, 0) is 36.8 Å². The SMILES string of the molecule is CCCCC(CC)COC1CCc2ccccc2NC1. The van der Waals surface area contributed by atoms with E-state index < -0.39 is 0 Å². The Kier molecular flexibility index (Phi) is 6.38. The van der Waals surface area contributed by atoms with Crippen molar-refractivity contribution >= 4 is 5.69 Å². The summed E-state index contributed by atoms with van der Waals surface area (Å²) in [5.74, 6) is 0.737. The number of hydrogen-bond acceptors (Lipinski definition) is 2. The summed E-state index contributed by atoms with van der Waals surface area (Å²) >= 11 is 0. The lowest BCUT2D eigenvalue weighted by molar-refractivity contribution is 0.0296. The molecule has 1 aliphatic rings. The summed E-state index contributed by atoms with van der Waals surface area (Å²) in [6.45, 7) is 6.42. The molecule has 0 amide bonds. The molecule has 112 valence electrons. The third kappa shape index (κ3) is 4.52. The van der Waals surface area contributed by atoms with Crippen molar-refractivity contribution in [3.63, 3.8) is 0 Å². The Morgan fingerprint density at radius 2 is 2.15 bits per heavy atom. The summed E-state index contributed by atoms with van der Waals surface area (Å²) < 4.78 is 6.18. The molecule has 2 rings (SSSR count). The van der Waals surface area contributed by atoms with Crippen LogP contribution in [0.3, 0.4) is 0 Å². The van der Waals surface area contributed by atoms with Crippen LogP contribution in [0.5, 0.6) is 0 Å². The number of benzene rings is 1. The fourth-order valence-electron chi connectivity index (χ4n) is 2.87. The van der Waals surface area contributed by atoms with E-state index in [9.17, 15) is 0 Å². The highest BCUT2D eigenvalue weighted by Crippen LogP contribution is 2.23. The fourth-order valence-corrected chi connectivity index (χ4v) is 2.87. The number of hydrogen-bond donors (Lipinski definition) is 1. The first-order valence-electron chi connectivity index (χ1n) is 8.26. The summed E-state index contributed by atoms with van der Waals surface area (Å²) in [7, 11) is 0. The van der Waals surface area contributed by atoms with Gasteiger partial charge in [0.05, 0.1) is 6.10 Å². The lowest BCUT2D eigenvalue weighted by Gasteiger charge is -2.20. The Morgan fingerprint density at radius 1 is 1.30 bits per heavy atom. The standard InChI is InChI=1S/C18H29NO/c1-3-5-8-15(4-2)14-20-17-12-11-16-9-6-7-10-18(16)19-13-17/h6-7,9-10,15,17,19H,3-5,8,11-14H2,1-2H3. The number of anilines is 1. The van der Waals surface area contributed by atoms with Crippen LogP contribution in [0.1, 0.15) is 51.5 Å². The number of ether oxygens (including phenoxy) is 1. The number of nitrogens with one attached hydrogen (secondary N) is 1. The van der Waals surface area contributed by atoms with E-state index in [1.54, 1.807) is 0 Å². The summed E-state index contributed by atoms with van der Waals surface area (Å²) in [5.41, 5.74) is 2.72. The zero-order valence-electron chi connectivity index (χ0n) is 13.0. The molecule has 0 saturated carbocycles. The molecule has 0 saturated heterocycles.